The van der Waals surface area contributed by atoms with Crippen molar-refractivity contribution in [2.75, 3.05) is 17.6 Å². The number of alkyl halides is 3. The Balaban J connectivity index is 1.74. The molecule has 2 aromatic carbocycles. The monoisotopic (exact) mass is 507 g/mol. The Hall–Kier alpha value is -4.38. The maximum Gasteiger partial charge on any atom is 0.416 e. The van der Waals surface area contributed by atoms with Crippen molar-refractivity contribution in [2.45, 2.75) is 26.1 Å². The van der Waals surface area contributed by atoms with Gasteiger partial charge in [-0.3, -0.25) is 0 Å². The van der Waals surface area contributed by atoms with Gasteiger partial charge in [-0.1, -0.05) is 12.1 Å². The van der Waals surface area contributed by atoms with E-state index in [0.717, 1.165) is 17.8 Å². The number of nitrogens with zero attached hydrogens (tertiary/aromatic N) is 5. The van der Waals surface area contributed by atoms with Crippen LogP contribution in [0.25, 0.3) is 33.7 Å². The summed E-state index contributed by atoms with van der Waals surface area (Å²) < 4.78 is 43.9. The Morgan fingerprint density at radius 1 is 1.11 bits per heavy atom. The molecule has 3 heterocycles. The van der Waals surface area contributed by atoms with Crippen molar-refractivity contribution in [1.82, 2.24) is 24.4 Å². The number of aliphatic hydroxyl groups excluding tert-OH is 1. The van der Waals surface area contributed by atoms with Gasteiger partial charge in [0.2, 0.25) is 5.95 Å². The molecule has 5 rings (SSSR count). The average Bonchev–Trinajstić information content (AvgIpc) is 3.49. The number of hydrogen-bond donors (Lipinski definition) is 3. The van der Waals surface area contributed by atoms with Crippen LogP contribution in [-0.2, 0) is 6.18 Å². The van der Waals surface area contributed by atoms with Crippen molar-refractivity contribution < 1.29 is 18.3 Å². The summed E-state index contributed by atoms with van der Waals surface area (Å²) in [6.07, 6.45) is -1.71. The molecule has 8 nitrogen and oxygen atoms in total. The quantitative estimate of drug-likeness (QED) is 0.281. The van der Waals surface area contributed by atoms with E-state index in [2.05, 4.69) is 20.5 Å². The van der Waals surface area contributed by atoms with E-state index in [1.807, 2.05) is 25.1 Å². The van der Waals surface area contributed by atoms with E-state index in [0.29, 0.717) is 39.3 Å². The maximum atomic E-state index is 13.6. The highest BCUT2D eigenvalue weighted by Crippen LogP contribution is 2.38. The second kappa shape index (κ2) is 9.25. The lowest BCUT2D eigenvalue weighted by atomic mass is 9.95. The molecule has 11 heteroatoms. The molecule has 0 saturated heterocycles. The van der Waals surface area contributed by atoms with Crippen LogP contribution < -0.4 is 11.1 Å². The highest BCUT2D eigenvalue weighted by atomic mass is 19.4. The number of pyridine rings is 1. The summed E-state index contributed by atoms with van der Waals surface area (Å²) in [5.41, 5.74) is 9.84. The Bertz CT molecular complexity index is 1570. The zero-order chi connectivity index (χ0) is 26.3. The van der Waals surface area contributed by atoms with Crippen LogP contribution in [-0.4, -0.2) is 42.1 Å². The zero-order valence-corrected chi connectivity index (χ0v) is 20.0. The number of halogens is 3. The van der Waals surface area contributed by atoms with Crippen LogP contribution in [0.2, 0.25) is 0 Å². The number of nitrogen functional groups attached to an aromatic ring is 1. The lowest BCUT2D eigenvalue weighted by Crippen LogP contribution is -2.16. The fourth-order valence-corrected chi connectivity index (χ4v) is 4.20. The van der Waals surface area contributed by atoms with E-state index < -0.39 is 17.8 Å². The molecule has 1 unspecified atom stereocenters. The molecule has 0 aliphatic rings. The molecule has 37 heavy (non-hydrogen) atoms. The molecule has 1 atom stereocenters. The Morgan fingerprint density at radius 3 is 2.57 bits per heavy atom. The summed E-state index contributed by atoms with van der Waals surface area (Å²) in [5.74, 6) is 0.248. The predicted molar refractivity (Wildman–Crippen MR) is 135 cm³/mol. The number of nitrogens with one attached hydrogen (secondary N) is 1. The van der Waals surface area contributed by atoms with E-state index in [9.17, 15) is 18.3 Å². The first-order valence-electron chi connectivity index (χ1n) is 11.5. The number of aliphatic hydroxyl groups is 1. The number of benzene rings is 2. The Morgan fingerprint density at radius 2 is 1.86 bits per heavy atom. The fraction of sp³-hybridized carbons (Fsp3) is 0.192. The Kier molecular flexibility index (Phi) is 6.08. The number of rotatable bonds is 6. The minimum absolute atomic E-state index is 0.214. The van der Waals surface area contributed by atoms with Gasteiger partial charge in [-0.05, 0) is 67.4 Å². The average molecular weight is 508 g/mol. The third kappa shape index (κ3) is 4.73. The lowest BCUT2D eigenvalue weighted by molar-refractivity contribution is -0.137. The van der Waals surface area contributed by atoms with Crippen LogP contribution in [0, 0.1) is 6.92 Å². The maximum absolute atomic E-state index is 13.6. The summed E-state index contributed by atoms with van der Waals surface area (Å²) in [6, 6.07) is 14.2. The second-order valence-corrected chi connectivity index (χ2v) is 8.77. The molecule has 0 aliphatic heterocycles. The van der Waals surface area contributed by atoms with Crippen LogP contribution in [0.3, 0.4) is 0 Å². The fourth-order valence-electron chi connectivity index (χ4n) is 4.20. The van der Waals surface area contributed by atoms with Crippen LogP contribution in [0.15, 0.2) is 67.0 Å². The van der Waals surface area contributed by atoms with Gasteiger partial charge >= 0.3 is 6.18 Å². The standard InChI is InChI=1S/C26H24F3N7O/c1-15(37)13-31-25-33-24-23(17-4-3-5-18(12-17)26(27,28)29)16(2)21(14-35(24)34-25)22-10-11-32-36(22)20-8-6-19(30)7-9-20/h3-12,14-15,37H,13,30H2,1-2H3,(H,31,34). The first-order valence-corrected chi connectivity index (χ1v) is 11.5. The van der Waals surface area contributed by atoms with Crippen molar-refractivity contribution in [3.63, 3.8) is 0 Å². The number of aromatic nitrogens is 5. The lowest BCUT2D eigenvalue weighted by Gasteiger charge is -2.16. The number of hydrogen-bond acceptors (Lipinski definition) is 6. The van der Waals surface area contributed by atoms with Crippen LogP contribution >= 0.6 is 0 Å². The molecule has 0 bridgehead atoms. The van der Waals surface area contributed by atoms with E-state index >= 15 is 0 Å². The number of fused-ring (bicyclic) bond motifs is 1. The largest absolute Gasteiger partial charge is 0.416 e. The molecule has 3 aromatic heterocycles. The minimum Gasteiger partial charge on any atom is -0.399 e. The van der Waals surface area contributed by atoms with E-state index in [1.54, 1.807) is 42.2 Å². The van der Waals surface area contributed by atoms with Gasteiger partial charge in [-0.25, -0.2) is 9.20 Å². The molecule has 0 amide bonds. The number of nitrogens with two attached hydrogens (primary N) is 1. The van der Waals surface area contributed by atoms with Gasteiger partial charge in [0, 0.05) is 29.6 Å². The van der Waals surface area contributed by atoms with E-state index in [1.165, 1.54) is 10.6 Å². The highest BCUT2D eigenvalue weighted by Gasteiger charge is 2.31. The van der Waals surface area contributed by atoms with Gasteiger partial charge in [0.15, 0.2) is 5.65 Å². The third-order valence-electron chi connectivity index (χ3n) is 5.98. The van der Waals surface area contributed by atoms with Crippen LogP contribution in [0.4, 0.5) is 24.8 Å². The molecule has 190 valence electrons. The molecule has 0 saturated carbocycles. The summed E-state index contributed by atoms with van der Waals surface area (Å²) in [7, 11) is 0. The van der Waals surface area contributed by atoms with Crippen molar-refractivity contribution in [2.24, 2.45) is 0 Å². The summed E-state index contributed by atoms with van der Waals surface area (Å²) in [6.45, 7) is 3.67. The first kappa shape index (κ1) is 24.3. The zero-order valence-electron chi connectivity index (χ0n) is 20.0. The summed E-state index contributed by atoms with van der Waals surface area (Å²) in [4.78, 5) is 4.54. The van der Waals surface area contributed by atoms with Gasteiger partial charge in [0.1, 0.15) is 0 Å². The van der Waals surface area contributed by atoms with E-state index in [-0.39, 0.29) is 12.5 Å². The molecule has 0 radical (unpaired) electrons. The molecule has 4 N–H and O–H groups in total. The highest BCUT2D eigenvalue weighted by molar-refractivity contribution is 5.86. The summed E-state index contributed by atoms with van der Waals surface area (Å²) in [5, 5.41) is 21.6. The van der Waals surface area contributed by atoms with Gasteiger partial charge in [0.05, 0.1) is 29.2 Å². The molecular formula is C26H24F3N7O. The Labute approximate surface area is 210 Å². The molecule has 5 aromatic rings. The number of anilines is 2. The molecule has 0 fully saturated rings. The molecule has 0 aliphatic carbocycles. The summed E-state index contributed by atoms with van der Waals surface area (Å²) >= 11 is 0. The van der Waals surface area contributed by atoms with Gasteiger partial charge in [-0.2, -0.15) is 23.3 Å². The topological polar surface area (TPSA) is 106 Å². The van der Waals surface area contributed by atoms with E-state index in [4.69, 9.17) is 5.73 Å². The predicted octanol–water partition coefficient (Wildman–Crippen LogP) is 4.95. The SMILES string of the molecule is Cc1c(-c2ccnn2-c2ccc(N)cc2)cn2nc(NCC(C)O)nc2c1-c1cccc(C(F)(F)F)c1. The first-order chi connectivity index (χ1) is 17.6. The normalized spacial score (nSPS) is 12.7. The minimum atomic E-state index is -4.50. The smallest absolute Gasteiger partial charge is 0.399 e. The van der Waals surface area contributed by atoms with Gasteiger partial charge in [-0.15, -0.1) is 5.10 Å². The van der Waals surface area contributed by atoms with Crippen LogP contribution in [0.5, 0.6) is 0 Å². The van der Waals surface area contributed by atoms with Crippen molar-refractivity contribution in [1.29, 1.82) is 0 Å². The van der Waals surface area contributed by atoms with Gasteiger partial charge in [0.25, 0.3) is 0 Å². The van der Waals surface area contributed by atoms with Crippen molar-refractivity contribution >= 4 is 17.3 Å². The van der Waals surface area contributed by atoms with Crippen molar-refractivity contribution in [3.05, 3.63) is 78.1 Å². The van der Waals surface area contributed by atoms with Crippen molar-refractivity contribution in [3.8, 4) is 28.1 Å². The molecular weight excluding hydrogens is 483 g/mol. The third-order valence-corrected chi connectivity index (χ3v) is 5.98. The second-order valence-electron chi connectivity index (χ2n) is 8.77. The van der Waals surface area contributed by atoms with Crippen LogP contribution in [0.1, 0.15) is 18.1 Å². The van der Waals surface area contributed by atoms with Gasteiger partial charge < -0.3 is 16.2 Å². The molecule has 0 spiro atoms.